The van der Waals surface area contributed by atoms with Crippen molar-refractivity contribution in [2.75, 3.05) is 11.4 Å². The number of oxime groups is 1. The fourth-order valence-electron chi connectivity index (χ4n) is 2.38. The zero-order chi connectivity index (χ0) is 13.0. The summed E-state index contributed by atoms with van der Waals surface area (Å²) in [5, 5.41) is 11.5. The third-order valence-corrected chi connectivity index (χ3v) is 3.40. The maximum absolute atomic E-state index is 8.57. The van der Waals surface area contributed by atoms with Crippen LogP contribution in [0.2, 0.25) is 0 Å². The molecule has 98 valence electrons. The van der Waals surface area contributed by atoms with Gasteiger partial charge in [0.25, 0.3) is 0 Å². The number of anilines is 1. The molecule has 0 aliphatic carbocycles. The lowest BCUT2D eigenvalue weighted by Gasteiger charge is -2.35. The van der Waals surface area contributed by atoms with E-state index in [0.29, 0.717) is 11.7 Å². The molecule has 1 aliphatic heterocycles. The van der Waals surface area contributed by atoms with Gasteiger partial charge in [0.05, 0.1) is 12.4 Å². The van der Waals surface area contributed by atoms with E-state index < -0.39 is 0 Å². The third kappa shape index (κ3) is 2.52. The first-order valence-corrected chi connectivity index (χ1v) is 6.32. The van der Waals surface area contributed by atoms with Gasteiger partial charge in [-0.2, -0.15) is 0 Å². The molecule has 0 saturated carbocycles. The van der Waals surface area contributed by atoms with E-state index in [9.17, 15) is 0 Å². The van der Waals surface area contributed by atoms with E-state index in [1.165, 1.54) is 19.3 Å². The average molecular weight is 249 g/mol. The summed E-state index contributed by atoms with van der Waals surface area (Å²) in [5.41, 5.74) is 5.85. The lowest BCUT2D eigenvalue weighted by atomic mass is 10.0. The molecule has 1 atom stereocenters. The molecule has 1 aromatic rings. The summed E-state index contributed by atoms with van der Waals surface area (Å²) in [7, 11) is 0. The Bertz CT molecular complexity index is 417. The highest BCUT2D eigenvalue weighted by Crippen LogP contribution is 2.24. The molecule has 0 bridgehead atoms. The molecular formula is C12H19N5O. The van der Waals surface area contributed by atoms with Crippen molar-refractivity contribution in [2.45, 2.75) is 38.6 Å². The van der Waals surface area contributed by atoms with E-state index in [1.54, 1.807) is 12.4 Å². The van der Waals surface area contributed by atoms with Crippen molar-refractivity contribution in [3.05, 3.63) is 18.1 Å². The molecule has 0 aromatic carbocycles. The second-order valence-corrected chi connectivity index (χ2v) is 4.50. The van der Waals surface area contributed by atoms with Gasteiger partial charge in [0, 0.05) is 12.6 Å². The molecule has 3 N–H and O–H groups in total. The minimum Gasteiger partial charge on any atom is -0.409 e. The van der Waals surface area contributed by atoms with Crippen LogP contribution < -0.4 is 10.6 Å². The second kappa shape index (κ2) is 5.66. The van der Waals surface area contributed by atoms with Gasteiger partial charge in [-0.25, -0.2) is 9.97 Å². The minimum atomic E-state index is -0.0141. The van der Waals surface area contributed by atoms with Crippen LogP contribution in [-0.4, -0.2) is 33.6 Å². The molecule has 0 amide bonds. The number of nitrogens with zero attached hydrogens (tertiary/aromatic N) is 4. The molecule has 18 heavy (non-hydrogen) atoms. The Kier molecular flexibility index (Phi) is 3.96. The van der Waals surface area contributed by atoms with Gasteiger partial charge >= 0.3 is 0 Å². The molecule has 1 aliphatic rings. The van der Waals surface area contributed by atoms with Crippen molar-refractivity contribution in [3.63, 3.8) is 0 Å². The van der Waals surface area contributed by atoms with Crippen LogP contribution in [0.4, 0.5) is 5.82 Å². The van der Waals surface area contributed by atoms with Gasteiger partial charge in [-0.15, -0.1) is 0 Å². The van der Waals surface area contributed by atoms with Crippen molar-refractivity contribution in [1.82, 2.24) is 9.97 Å². The third-order valence-electron chi connectivity index (χ3n) is 3.40. The van der Waals surface area contributed by atoms with Crippen LogP contribution in [-0.2, 0) is 0 Å². The highest BCUT2D eigenvalue weighted by atomic mass is 16.4. The van der Waals surface area contributed by atoms with E-state index in [1.807, 2.05) is 0 Å². The van der Waals surface area contributed by atoms with Crippen molar-refractivity contribution in [3.8, 4) is 0 Å². The zero-order valence-corrected chi connectivity index (χ0v) is 10.6. The predicted octanol–water partition coefficient (Wildman–Crippen LogP) is 1.34. The van der Waals surface area contributed by atoms with Gasteiger partial charge in [0.2, 0.25) is 0 Å². The first-order valence-electron chi connectivity index (χ1n) is 6.32. The van der Waals surface area contributed by atoms with Crippen LogP contribution in [0.25, 0.3) is 0 Å². The highest BCUT2D eigenvalue weighted by Gasteiger charge is 2.22. The normalized spacial score (nSPS) is 21.1. The predicted molar refractivity (Wildman–Crippen MR) is 69.8 cm³/mol. The maximum atomic E-state index is 8.57. The van der Waals surface area contributed by atoms with E-state index in [2.05, 4.69) is 26.9 Å². The van der Waals surface area contributed by atoms with Gasteiger partial charge in [-0.05, 0) is 25.7 Å². The molecule has 1 fully saturated rings. The summed E-state index contributed by atoms with van der Waals surface area (Å²) in [5.74, 6) is 0.857. The fraction of sp³-hybridized carbons (Fsp3) is 0.583. The van der Waals surface area contributed by atoms with Gasteiger partial charge in [-0.1, -0.05) is 12.1 Å². The first-order chi connectivity index (χ1) is 8.76. The molecule has 0 radical (unpaired) electrons. The number of aromatic nitrogens is 2. The van der Waals surface area contributed by atoms with Gasteiger partial charge in [-0.3, -0.25) is 0 Å². The Balaban J connectivity index is 2.17. The molecule has 1 saturated heterocycles. The number of amidine groups is 1. The minimum absolute atomic E-state index is 0.0141. The largest absolute Gasteiger partial charge is 0.409 e. The van der Waals surface area contributed by atoms with Crippen molar-refractivity contribution in [1.29, 1.82) is 0 Å². The summed E-state index contributed by atoms with van der Waals surface area (Å²) in [4.78, 5) is 10.8. The lowest BCUT2D eigenvalue weighted by Crippen LogP contribution is -2.39. The van der Waals surface area contributed by atoms with Crippen LogP contribution in [0.3, 0.4) is 0 Å². The number of rotatable bonds is 3. The summed E-state index contributed by atoms with van der Waals surface area (Å²) in [6, 6.07) is 0.544. The SMILES string of the molecule is CCC1CCCCN1c1cnc(C(N)=NO)cn1. The number of nitrogens with two attached hydrogens (primary N) is 1. The van der Waals surface area contributed by atoms with Crippen LogP contribution in [0.15, 0.2) is 17.5 Å². The van der Waals surface area contributed by atoms with E-state index in [0.717, 1.165) is 18.8 Å². The topological polar surface area (TPSA) is 87.6 Å². The Labute approximate surface area is 107 Å². The Hall–Kier alpha value is -1.85. The van der Waals surface area contributed by atoms with Crippen molar-refractivity contribution >= 4 is 11.7 Å². The maximum Gasteiger partial charge on any atom is 0.190 e. The Morgan fingerprint density at radius 2 is 2.33 bits per heavy atom. The zero-order valence-electron chi connectivity index (χ0n) is 10.6. The van der Waals surface area contributed by atoms with Crippen LogP contribution >= 0.6 is 0 Å². The molecule has 2 heterocycles. The van der Waals surface area contributed by atoms with E-state index >= 15 is 0 Å². The van der Waals surface area contributed by atoms with Crippen molar-refractivity contribution in [2.24, 2.45) is 10.9 Å². The quantitative estimate of drug-likeness (QED) is 0.365. The lowest BCUT2D eigenvalue weighted by molar-refractivity contribution is 0.318. The number of piperidine rings is 1. The molecule has 6 nitrogen and oxygen atoms in total. The fourth-order valence-corrected chi connectivity index (χ4v) is 2.38. The summed E-state index contributed by atoms with van der Waals surface area (Å²) in [6.07, 6.45) is 8.04. The number of hydrogen-bond donors (Lipinski definition) is 2. The van der Waals surface area contributed by atoms with Crippen LogP contribution in [0.1, 0.15) is 38.3 Å². The molecule has 0 spiro atoms. The van der Waals surface area contributed by atoms with E-state index in [-0.39, 0.29) is 5.84 Å². The molecular weight excluding hydrogens is 230 g/mol. The Morgan fingerprint density at radius 1 is 1.50 bits per heavy atom. The highest BCUT2D eigenvalue weighted by molar-refractivity contribution is 5.94. The second-order valence-electron chi connectivity index (χ2n) is 4.50. The van der Waals surface area contributed by atoms with E-state index in [4.69, 9.17) is 10.9 Å². The monoisotopic (exact) mass is 249 g/mol. The molecule has 2 rings (SSSR count). The standard InChI is InChI=1S/C12H19N5O/c1-2-9-5-3-4-6-17(9)11-8-14-10(7-15-11)12(13)16-18/h7-9,18H,2-6H2,1H3,(H2,13,16). The summed E-state index contributed by atoms with van der Waals surface area (Å²) < 4.78 is 0. The molecule has 1 unspecified atom stereocenters. The molecule has 6 heteroatoms. The number of hydrogen-bond acceptors (Lipinski definition) is 5. The summed E-state index contributed by atoms with van der Waals surface area (Å²) in [6.45, 7) is 3.22. The molecule has 1 aromatic heterocycles. The van der Waals surface area contributed by atoms with Crippen molar-refractivity contribution < 1.29 is 5.21 Å². The van der Waals surface area contributed by atoms with Gasteiger partial charge in [0.15, 0.2) is 5.84 Å². The van der Waals surface area contributed by atoms with Crippen LogP contribution in [0, 0.1) is 0 Å². The smallest absolute Gasteiger partial charge is 0.190 e. The first kappa shape index (κ1) is 12.6. The van der Waals surface area contributed by atoms with Gasteiger partial charge < -0.3 is 15.8 Å². The van der Waals surface area contributed by atoms with Crippen LogP contribution in [0.5, 0.6) is 0 Å². The van der Waals surface area contributed by atoms with Gasteiger partial charge in [0.1, 0.15) is 11.5 Å². The summed E-state index contributed by atoms with van der Waals surface area (Å²) >= 11 is 0. The Morgan fingerprint density at radius 3 is 2.94 bits per heavy atom. The average Bonchev–Trinajstić information content (AvgIpc) is 2.46.